The number of anilines is 1. The lowest BCUT2D eigenvalue weighted by atomic mass is 10.1. The van der Waals surface area contributed by atoms with Gasteiger partial charge in [0.05, 0.1) is 0 Å². The summed E-state index contributed by atoms with van der Waals surface area (Å²) in [6, 6.07) is 13.9. The van der Waals surface area contributed by atoms with Crippen molar-refractivity contribution in [1.29, 1.82) is 0 Å². The topological polar surface area (TPSA) is 12.0 Å². The molecule has 0 fully saturated rings. The van der Waals surface area contributed by atoms with Gasteiger partial charge in [-0.25, -0.2) is 0 Å². The molecule has 2 aromatic carbocycles. The Balaban J connectivity index is 2.15. The molecule has 0 aliphatic heterocycles. The molecule has 0 aliphatic rings. The molecule has 94 valence electrons. The van der Waals surface area contributed by atoms with Crippen LogP contribution < -0.4 is 5.32 Å². The Labute approximate surface area is 131 Å². The second kappa shape index (κ2) is 6.13. The van der Waals surface area contributed by atoms with Crippen molar-refractivity contribution in [2.45, 2.75) is 13.0 Å². The van der Waals surface area contributed by atoms with E-state index in [1.807, 2.05) is 42.5 Å². The molecule has 0 bridgehead atoms. The molecular weight excluding hydrogens is 380 g/mol. The number of benzene rings is 2. The van der Waals surface area contributed by atoms with E-state index in [2.05, 4.69) is 34.8 Å². The van der Waals surface area contributed by atoms with Crippen LogP contribution in [0, 0.1) is 3.57 Å². The lowest BCUT2D eigenvalue weighted by molar-refractivity contribution is 0.883. The van der Waals surface area contributed by atoms with Crippen LogP contribution in [-0.2, 0) is 0 Å². The molecule has 0 heterocycles. The smallest absolute Gasteiger partial charge is 0.0486 e. The maximum atomic E-state index is 5.94. The third-order valence-electron chi connectivity index (χ3n) is 2.67. The second-order valence-electron chi connectivity index (χ2n) is 4.04. The van der Waals surface area contributed by atoms with E-state index < -0.39 is 0 Å². The molecule has 0 saturated carbocycles. The minimum absolute atomic E-state index is 0.219. The maximum Gasteiger partial charge on any atom is 0.0486 e. The predicted octanol–water partition coefficient (Wildman–Crippen LogP) is 5.77. The summed E-state index contributed by atoms with van der Waals surface area (Å²) in [5, 5.41) is 4.97. The fraction of sp³-hybridized carbons (Fsp3) is 0.143. The van der Waals surface area contributed by atoms with Crippen LogP contribution >= 0.6 is 45.8 Å². The first-order valence-electron chi connectivity index (χ1n) is 5.53. The van der Waals surface area contributed by atoms with Crippen LogP contribution in [0.4, 0.5) is 5.69 Å². The zero-order valence-corrected chi connectivity index (χ0v) is 13.4. The molecule has 4 heteroatoms. The summed E-state index contributed by atoms with van der Waals surface area (Å²) in [6.07, 6.45) is 0. The van der Waals surface area contributed by atoms with Gasteiger partial charge in [-0.3, -0.25) is 0 Å². The Morgan fingerprint density at radius 1 is 1.00 bits per heavy atom. The third-order valence-corrected chi connectivity index (χ3v) is 4.05. The highest BCUT2D eigenvalue weighted by molar-refractivity contribution is 14.1. The minimum atomic E-state index is 0.219. The van der Waals surface area contributed by atoms with Crippen molar-refractivity contribution in [3.63, 3.8) is 0 Å². The summed E-state index contributed by atoms with van der Waals surface area (Å²) in [5.74, 6) is 0. The Morgan fingerprint density at radius 2 is 1.61 bits per heavy atom. The molecule has 2 rings (SSSR count). The highest BCUT2D eigenvalue weighted by atomic mass is 127. The number of nitrogens with one attached hydrogen (secondary N) is 1. The Morgan fingerprint density at radius 3 is 2.22 bits per heavy atom. The fourth-order valence-corrected chi connectivity index (χ4v) is 2.83. The Hall–Kier alpha value is -0.450. The first-order chi connectivity index (χ1) is 8.56. The average molecular weight is 392 g/mol. The van der Waals surface area contributed by atoms with Crippen molar-refractivity contribution in [1.82, 2.24) is 0 Å². The predicted molar refractivity (Wildman–Crippen MR) is 87.7 cm³/mol. The lowest BCUT2D eigenvalue weighted by Crippen LogP contribution is -2.07. The van der Waals surface area contributed by atoms with Gasteiger partial charge in [-0.15, -0.1) is 0 Å². The first kappa shape index (κ1) is 14.0. The molecule has 1 atom stereocenters. The summed E-state index contributed by atoms with van der Waals surface area (Å²) >= 11 is 14.1. The van der Waals surface area contributed by atoms with Crippen LogP contribution in [0.3, 0.4) is 0 Å². The van der Waals surface area contributed by atoms with Crippen molar-refractivity contribution in [2.75, 3.05) is 5.32 Å². The van der Waals surface area contributed by atoms with Crippen molar-refractivity contribution >= 4 is 51.5 Å². The quantitative estimate of drug-likeness (QED) is 0.654. The number of hydrogen-bond acceptors (Lipinski definition) is 1. The van der Waals surface area contributed by atoms with Crippen molar-refractivity contribution in [2.24, 2.45) is 0 Å². The molecule has 2 aromatic rings. The number of rotatable bonds is 3. The van der Waals surface area contributed by atoms with Crippen molar-refractivity contribution in [3.05, 3.63) is 61.6 Å². The number of halogens is 3. The molecule has 0 spiro atoms. The molecule has 0 saturated heterocycles. The maximum absolute atomic E-state index is 5.94. The van der Waals surface area contributed by atoms with Gasteiger partial charge < -0.3 is 5.32 Å². The zero-order valence-electron chi connectivity index (χ0n) is 9.75. The first-order valence-corrected chi connectivity index (χ1v) is 7.37. The normalized spacial score (nSPS) is 12.2. The van der Waals surface area contributed by atoms with E-state index in [1.54, 1.807) is 0 Å². The highest BCUT2D eigenvalue weighted by Gasteiger charge is 2.07. The Bertz CT molecular complexity index is 540. The van der Waals surface area contributed by atoms with Crippen LogP contribution in [0.5, 0.6) is 0 Å². The van der Waals surface area contributed by atoms with E-state index in [1.165, 1.54) is 5.56 Å². The van der Waals surface area contributed by atoms with Crippen molar-refractivity contribution in [3.8, 4) is 0 Å². The molecule has 0 radical (unpaired) electrons. The third kappa shape index (κ3) is 3.53. The van der Waals surface area contributed by atoms with Gasteiger partial charge in [0, 0.05) is 25.3 Å². The minimum Gasteiger partial charge on any atom is -0.378 e. The SMILES string of the molecule is CC(Nc1ccc(Cl)cc1I)c1ccc(Cl)cc1. The van der Waals surface area contributed by atoms with Crippen LogP contribution in [0.1, 0.15) is 18.5 Å². The van der Waals surface area contributed by atoms with E-state index >= 15 is 0 Å². The molecule has 1 nitrogen and oxygen atoms in total. The molecule has 0 amide bonds. The summed E-state index contributed by atoms with van der Waals surface area (Å²) in [6.45, 7) is 2.12. The van der Waals surface area contributed by atoms with Gasteiger partial charge in [0.15, 0.2) is 0 Å². The van der Waals surface area contributed by atoms with E-state index in [0.717, 1.165) is 19.3 Å². The lowest BCUT2D eigenvalue weighted by Gasteiger charge is -2.17. The molecule has 0 aromatic heterocycles. The average Bonchev–Trinajstić information content (AvgIpc) is 2.33. The fourth-order valence-electron chi connectivity index (χ4n) is 1.67. The second-order valence-corrected chi connectivity index (χ2v) is 6.08. The van der Waals surface area contributed by atoms with Gasteiger partial charge in [-0.2, -0.15) is 0 Å². The van der Waals surface area contributed by atoms with E-state index in [9.17, 15) is 0 Å². The molecule has 1 N–H and O–H groups in total. The van der Waals surface area contributed by atoms with Gasteiger partial charge >= 0.3 is 0 Å². The van der Waals surface area contributed by atoms with Crippen molar-refractivity contribution < 1.29 is 0 Å². The number of hydrogen-bond donors (Lipinski definition) is 1. The highest BCUT2D eigenvalue weighted by Crippen LogP contribution is 2.26. The Kier molecular flexibility index (Phi) is 4.76. The van der Waals surface area contributed by atoms with Gasteiger partial charge in [0.25, 0.3) is 0 Å². The summed E-state index contributed by atoms with van der Waals surface area (Å²) < 4.78 is 1.11. The van der Waals surface area contributed by atoms with Gasteiger partial charge in [-0.05, 0) is 65.4 Å². The van der Waals surface area contributed by atoms with Crippen LogP contribution in [0.15, 0.2) is 42.5 Å². The van der Waals surface area contributed by atoms with E-state index in [-0.39, 0.29) is 6.04 Å². The molecule has 18 heavy (non-hydrogen) atoms. The van der Waals surface area contributed by atoms with Gasteiger partial charge in [0.1, 0.15) is 0 Å². The zero-order chi connectivity index (χ0) is 13.1. The molecule has 1 unspecified atom stereocenters. The monoisotopic (exact) mass is 391 g/mol. The van der Waals surface area contributed by atoms with E-state index in [0.29, 0.717) is 0 Å². The van der Waals surface area contributed by atoms with Gasteiger partial charge in [-0.1, -0.05) is 35.3 Å². The van der Waals surface area contributed by atoms with Crippen LogP contribution in [-0.4, -0.2) is 0 Å². The van der Waals surface area contributed by atoms with Crippen LogP contribution in [0.2, 0.25) is 10.0 Å². The summed E-state index contributed by atoms with van der Waals surface area (Å²) in [7, 11) is 0. The summed E-state index contributed by atoms with van der Waals surface area (Å²) in [4.78, 5) is 0. The largest absolute Gasteiger partial charge is 0.378 e. The van der Waals surface area contributed by atoms with Gasteiger partial charge in [0.2, 0.25) is 0 Å². The van der Waals surface area contributed by atoms with Crippen LogP contribution in [0.25, 0.3) is 0 Å². The molecular formula is C14H12Cl2IN. The van der Waals surface area contributed by atoms with E-state index in [4.69, 9.17) is 23.2 Å². The summed E-state index contributed by atoms with van der Waals surface area (Å²) in [5.41, 5.74) is 2.28. The standard InChI is InChI=1S/C14H12Cl2IN/c1-9(10-2-4-11(15)5-3-10)18-14-7-6-12(16)8-13(14)17/h2-9,18H,1H3. The molecule has 0 aliphatic carbocycles.